The molecule has 11 heteroatoms. The molecule has 1 amide bonds. The summed E-state index contributed by atoms with van der Waals surface area (Å²) in [4.78, 5) is 22.5. The zero-order valence-corrected chi connectivity index (χ0v) is 20.5. The Labute approximate surface area is 205 Å². The van der Waals surface area contributed by atoms with Crippen molar-refractivity contribution in [3.8, 4) is 0 Å². The maximum absolute atomic E-state index is 12.2. The summed E-state index contributed by atoms with van der Waals surface area (Å²) in [6, 6.07) is -0.900. The fraction of sp³-hybridized carbons (Fsp3) is 0.667. The van der Waals surface area contributed by atoms with Crippen LogP contribution in [-0.4, -0.2) is 58.9 Å². The third kappa shape index (κ3) is 5.65. The molecule has 0 aromatic carbocycles. The van der Waals surface area contributed by atoms with Crippen molar-refractivity contribution in [1.82, 2.24) is 19.6 Å². The average molecular weight is 461 g/mol. The van der Waals surface area contributed by atoms with Gasteiger partial charge in [-0.3, -0.25) is 14.9 Å². The van der Waals surface area contributed by atoms with Gasteiger partial charge in [0.15, 0.2) is 0 Å². The molecular weight excluding hydrogens is 427 g/mol. The minimum Gasteiger partial charge on any atom is -0.453 e. The fourth-order valence-corrected chi connectivity index (χ4v) is 5.76. The minimum atomic E-state index is -2.40. The van der Waals surface area contributed by atoms with E-state index in [0.29, 0.717) is 12.3 Å². The van der Waals surface area contributed by atoms with Gasteiger partial charge in [-0.15, -0.1) is 0 Å². The predicted octanol–water partition coefficient (Wildman–Crippen LogP) is -0.380. The van der Waals surface area contributed by atoms with Crippen LogP contribution in [0.1, 0.15) is 44.7 Å². The van der Waals surface area contributed by atoms with Gasteiger partial charge in [0.2, 0.25) is 0 Å². The van der Waals surface area contributed by atoms with Gasteiger partial charge in [0.05, 0.1) is 31.6 Å². The SMILES string of the molecule is COC(=O)N1[C@H](C)C[C@H](N[S-](=O)=O)[C@@H]1COC1CCC2(c3cnccn3)CC2C1.[CH3-].[CH3-].[Li+]. The Morgan fingerprint density at radius 3 is 2.66 bits per heavy atom. The second-order valence-electron chi connectivity index (χ2n) is 8.37. The van der Waals surface area contributed by atoms with Crippen molar-refractivity contribution in [2.45, 2.75) is 68.7 Å². The zero-order valence-electron chi connectivity index (χ0n) is 19.7. The van der Waals surface area contributed by atoms with Crippen LogP contribution in [-0.2, 0) is 34.2 Å². The summed E-state index contributed by atoms with van der Waals surface area (Å²) in [6.07, 6.45) is 9.46. The third-order valence-electron chi connectivity index (χ3n) is 6.79. The summed E-state index contributed by atoms with van der Waals surface area (Å²) >= 11 is 0. The van der Waals surface area contributed by atoms with E-state index in [1.54, 1.807) is 17.3 Å². The van der Waals surface area contributed by atoms with Gasteiger partial charge in [-0.1, -0.05) is 0 Å². The first-order chi connectivity index (χ1) is 13.9. The summed E-state index contributed by atoms with van der Waals surface area (Å²) < 4.78 is 36.0. The Morgan fingerprint density at radius 1 is 1.31 bits per heavy atom. The van der Waals surface area contributed by atoms with E-state index < -0.39 is 17.0 Å². The van der Waals surface area contributed by atoms with E-state index in [9.17, 15) is 13.2 Å². The van der Waals surface area contributed by atoms with Crippen molar-refractivity contribution in [3.05, 3.63) is 39.1 Å². The number of aromatic nitrogens is 2. The predicted molar refractivity (Wildman–Crippen MR) is 116 cm³/mol. The van der Waals surface area contributed by atoms with Crippen LogP contribution in [0.3, 0.4) is 0 Å². The summed E-state index contributed by atoms with van der Waals surface area (Å²) in [5.41, 5.74) is 1.23. The summed E-state index contributed by atoms with van der Waals surface area (Å²) in [5, 5.41) is 0. The van der Waals surface area contributed by atoms with Gasteiger partial charge in [-0.2, -0.15) is 0 Å². The Morgan fingerprint density at radius 2 is 2.06 bits per heavy atom. The smallest absolute Gasteiger partial charge is 0.453 e. The van der Waals surface area contributed by atoms with Gasteiger partial charge in [0.1, 0.15) is 0 Å². The first-order valence-corrected chi connectivity index (χ1v) is 11.1. The van der Waals surface area contributed by atoms with Crippen molar-refractivity contribution < 1.29 is 41.5 Å². The second kappa shape index (κ2) is 11.8. The van der Waals surface area contributed by atoms with E-state index in [2.05, 4.69) is 14.7 Å². The quantitative estimate of drug-likeness (QED) is 0.350. The van der Waals surface area contributed by atoms with Crippen LogP contribution >= 0.6 is 0 Å². The van der Waals surface area contributed by atoms with Gasteiger partial charge in [0.25, 0.3) is 0 Å². The average Bonchev–Trinajstić information content (AvgIpc) is 3.37. The van der Waals surface area contributed by atoms with Gasteiger partial charge in [-0.25, -0.2) is 4.79 Å². The number of nitrogens with zero attached hydrogens (tertiary/aromatic N) is 3. The maximum atomic E-state index is 12.2. The minimum absolute atomic E-state index is 0. The molecule has 0 bridgehead atoms. The zero-order chi connectivity index (χ0) is 20.6. The fourth-order valence-electron chi connectivity index (χ4n) is 5.26. The number of fused-ring (bicyclic) bond motifs is 1. The molecule has 2 saturated carbocycles. The van der Waals surface area contributed by atoms with Gasteiger partial charge in [0, 0.05) is 36.1 Å². The maximum Gasteiger partial charge on any atom is 1.00 e. The van der Waals surface area contributed by atoms with E-state index in [1.807, 2.05) is 13.1 Å². The molecule has 1 saturated heterocycles. The number of amides is 1. The third-order valence-corrected chi connectivity index (χ3v) is 7.29. The standard InChI is InChI=1S/C19H27N4O5S.2CH3.Li/c1-12-7-15(22-29(25)26)16(23(12)18(24)27-2)11-28-14-3-4-19(9-13(19)8-14)17-10-20-5-6-21-17;;;/h5-6,10,12-16H,3-4,7-9,11H2,1-2H3,(H,22,25,26);2*1H3;/q3*-1;+1/t12-,13?,14?,15+,16+,19?;;;/m1.../s1. The molecule has 9 nitrogen and oxygen atoms in total. The van der Waals surface area contributed by atoms with Crippen LogP contribution in [0.5, 0.6) is 0 Å². The Hall–Kier alpha value is -1.18. The number of hydrogen-bond acceptors (Lipinski definition) is 8. The van der Waals surface area contributed by atoms with E-state index >= 15 is 0 Å². The molecule has 6 atom stereocenters. The van der Waals surface area contributed by atoms with E-state index in [-0.39, 0.29) is 70.0 Å². The van der Waals surface area contributed by atoms with Crippen molar-refractivity contribution in [2.24, 2.45) is 5.92 Å². The van der Waals surface area contributed by atoms with E-state index in [0.717, 1.165) is 31.4 Å². The molecule has 1 aliphatic heterocycles. The van der Waals surface area contributed by atoms with Gasteiger partial charge < -0.3 is 37.5 Å². The molecule has 4 rings (SSSR count). The molecular formula is C21H33LiN4O5S-2. The van der Waals surface area contributed by atoms with E-state index in [1.165, 1.54) is 7.11 Å². The Balaban J connectivity index is 0.00000171. The molecule has 3 fully saturated rings. The number of carbonyl (C=O) groups excluding carboxylic acids is 1. The molecule has 3 aliphatic rings. The van der Waals surface area contributed by atoms with Crippen LogP contribution in [0, 0.1) is 20.8 Å². The van der Waals surface area contributed by atoms with E-state index in [4.69, 9.17) is 9.47 Å². The molecule has 1 aromatic heterocycles. The molecule has 32 heavy (non-hydrogen) atoms. The van der Waals surface area contributed by atoms with Crippen LogP contribution in [0.15, 0.2) is 18.6 Å². The summed E-state index contributed by atoms with van der Waals surface area (Å²) in [7, 11) is -1.07. The Kier molecular flexibility index (Phi) is 10.6. The molecule has 3 unspecified atom stereocenters. The summed E-state index contributed by atoms with van der Waals surface area (Å²) in [6.45, 7) is 2.17. The summed E-state index contributed by atoms with van der Waals surface area (Å²) in [5.74, 6) is 0.542. The second-order valence-corrected chi connectivity index (χ2v) is 9.07. The first-order valence-electron chi connectivity index (χ1n) is 10.0. The van der Waals surface area contributed by atoms with Crippen LogP contribution in [0.2, 0.25) is 0 Å². The van der Waals surface area contributed by atoms with Crippen molar-refractivity contribution in [3.63, 3.8) is 0 Å². The molecule has 1 aromatic rings. The van der Waals surface area contributed by atoms with Crippen molar-refractivity contribution in [2.75, 3.05) is 13.7 Å². The number of ether oxygens (including phenoxy) is 2. The molecule has 1 N–H and O–H groups in total. The van der Waals surface area contributed by atoms with Gasteiger partial charge >= 0.3 is 25.0 Å². The number of carbonyl (C=O) groups is 1. The normalized spacial score (nSPS) is 32.7. The van der Waals surface area contributed by atoms with Crippen LogP contribution < -0.4 is 23.6 Å². The monoisotopic (exact) mass is 460 g/mol. The first kappa shape index (κ1) is 28.8. The molecule has 2 aliphatic carbocycles. The number of nitrogens with one attached hydrogen (secondary N) is 1. The largest absolute Gasteiger partial charge is 1.00 e. The van der Waals surface area contributed by atoms with Crippen molar-refractivity contribution in [1.29, 1.82) is 0 Å². The molecule has 2 heterocycles. The Bertz CT molecular complexity index is 822. The number of likely N-dealkylation sites (tertiary alicyclic amines) is 1. The topological polar surface area (TPSA) is 111 Å². The molecule has 0 radical (unpaired) electrons. The number of rotatable bonds is 6. The van der Waals surface area contributed by atoms with Crippen LogP contribution in [0.4, 0.5) is 4.79 Å². The van der Waals surface area contributed by atoms with Crippen LogP contribution in [0.25, 0.3) is 0 Å². The molecule has 176 valence electrons. The number of hydrogen-bond donors (Lipinski definition) is 1. The van der Waals surface area contributed by atoms with Crippen molar-refractivity contribution >= 4 is 17.0 Å². The number of methoxy groups -OCH3 is 1. The van der Waals surface area contributed by atoms with Gasteiger partial charge in [-0.05, 0) is 55.8 Å². The molecule has 0 spiro atoms.